The molecule has 0 aliphatic heterocycles. The Labute approximate surface area is 130 Å². The number of nitrogens with zero attached hydrogens (tertiary/aromatic N) is 4. The van der Waals surface area contributed by atoms with Gasteiger partial charge in [0.05, 0.1) is 19.1 Å². The summed E-state index contributed by atoms with van der Waals surface area (Å²) in [5.74, 6) is 1.14. The van der Waals surface area contributed by atoms with Gasteiger partial charge in [-0.05, 0) is 18.2 Å². The highest BCUT2D eigenvalue weighted by molar-refractivity contribution is 7.99. The van der Waals surface area contributed by atoms with Gasteiger partial charge in [0.25, 0.3) is 0 Å². The maximum absolute atomic E-state index is 11.1. The quantitative estimate of drug-likeness (QED) is 0.405. The topological polar surface area (TPSA) is 83.0 Å². The monoisotopic (exact) mass is 316 g/mol. The molecule has 0 aliphatic carbocycles. The predicted octanol–water partition coefficient (Wildman–Crippen LogP) is 2.19. The van der Waals surface area contributed by atoms with Gasteiger partial charge < -0.3 is 9.15 Å². The number of rotatable bonds is 5. The second-order valence-corrected chi connectivity index (χ2v) is 5.13. The van der Waals surface area contributed by atoms with Gasteiger partial charge in [-0.1, -0.05) is 11.8 Å². The van der Waals surface area contributed by atoms with E-state index in [1.165, 1.54) is 18.9 Å². The fourth-order valence-corrected chi connectivity index (χ4v) is 2.38. The maximum Gasteiger partial charge on any atom is 0.316 e. The molecule has 3 rings (SSSR count). The van der Waals surface area contributed by atoms with Crippen molar-refractivity contribution in [3.63, 3.8) is 0 Å². The molecule has 3 aromatic heterocycles. The molecule has 0 fully saturated rings. The van der Waals surface area contributed by atoms with Gasteiger partial charge in [-0.3, -0.25) is 4.79 Å². The second-order valence-electron chi connectivity index (χ2n) is 4.19. The Hall–Kier alpha value is -2.61. The van der Waals surface area contributed by atoms with Crippen LogP contribution in [0.25, 0.3) is 17.3 Å². The lowest BCUT2D eigenvalue weighted by molar-refractivity contribution is -0.137. The third-order valence-corrected chi connectivity index (χ3v) is 3.60. The van der Waals surface area contributed by atoms with Gasteiger partial charge in [0, 0.05) is 18.5 Å². The zero-order chi connectivity index (χ0) is 15.4. The van der Waals surface area contributed by atoms with Crippen LogP contribution in [0.5, 0.6) is 0 Å². The number of furan rings is 1. The lowest BCUT2D eigenvalue weighted by Gasteiger charge is -2.03. The molecule has 3 aromatic rings. The molecule has 0 spiro atoms. The number of hydrogen-bond acceptors (Lipinski definition) is 7. The second kappa shape index (κ2) is 6.44. The summed E-state index contributed by atoms with van der Waals surface area (Å²) in [6, 6.07) is 7.22. The molecule has 0 aliphatic rings. The Balaban J connectivity index is 1.79. The van der Waals surface area contributed by atoms with Gasteiger partial charge in [0.2, 0.25) is 0 Å². The average molecular weight is 316 g/mol. The molecular formula is C14H12N4O3S. The lowest BCUT2D eigenvalue weighted by Crippen LogP contribution is -2.05. The van der Waals surface area contributed by atoms with Gasteiger partial charge >= 0.3 is 5.97 Å². The maximum atomic E-state index is 11.1. The van der Waals surface area contributed by atoms with Crippen LogP contribution in [0, 0.1) is 0 Å². The summed E-state index contributed by atoms with van der Waals surface area (Å²) >= 11 is 1.21. The van der Waals surface area contributed by atoms with E-state index in [0.717, 1.165) is 0 Å². The first-order valence-corrected chi connectivity index (χ1v) is 7.37. The number of aromatic nitrogens is 4. The van der Waals surface area contributed by atoms with Crippen molar-refractivity contribution in [2.45, 2.75) is 5.16 Å². The first-order chi connectivity index (χ1) is 10.8. The van der Waals surface area contributed by atoms with Gasteiger partial charge in [0.1, 0.15) is 5.69 Å². The van der Waals surface area contributed by atoms with Crippen LogP contribution in [0.4, 0.5) is 0 Å². The zero-order valence-corrected chi connectivity index (χ0v) is 12.5. The number of hydrogen-bond donors (Lipinski definition) is 0. The predicted molar refractivity (Wildman–Crippen MR) is 79.6 cm³/mol. The summed E-state index contributed by atoms with van der Waals surface area (Å²) in [6.45, 7) is 0. The van der Waals surface area contributed by atoms with Crippen molar-refractivity contribution < 1.29 is 13.9 Å². The Kier molecular flexibility index (Phi) is 4.19. The molecule has 0 unspecified atom stereocenters. The van der Waals surface area contributed by atoms with Crippen molar-refractivity contribution in [2.75, 3.05) is 12.9 Å². The van der Waals surface area contributed by atoms with Crippen molar-refractivity contribution in [3.8, 4) is 17.3 Å². The summed E-state index contributed by atoms with van der Waals surface area (Å²) in [7, 11) is 1.35. The van der Waals surface area contributed by atoms with Crippen LogP contribution in [0.3, 0.4) is 0 Å². The molecule has 0 bridgehead atoms. The Morgan fingerprint density at radius 3 is 3.09 bits per heavy atom. The summed E-state index contributed by atoms with van der Waals surface area (Å²) in [5.41, 5.74) is 0.715. The minimum Gasteiger partial charge on any atom is -0.468 e. The average Bonchev–Trinajstić information content (AvgIpc) is 3.23. The first kappa shape index (κ1) is 14.3. The van der Waals surface area contributed by atoms with E-state index < -0.39 is 0 Å². The van der Waals surface area contributed by atoms with Crippen LogP contribution < -0.4 is 0 Å². The van der Waals surface area contributed by atoms with Crippen LogP contribution in [-0.2, 0) is 9.53 Å². The summed E-state index contributed by atoms with van der Waals surface area (Å²) < 4.78 is 11.5. The molecule has 0 N–H and O–H groups in total. The van der Waals surface area contributed by atoms with E-state index in [-0.39, 0.29) is 11.7 Å². The van der Waals surface area contributed by atoms with Crippen molar-refractivity contribution in [3.05, 3.63) is 42.9 Å². The number of ether oxygens (including phenoxy) is 1. The van der Waals surface area contributed by atoms with Crippen LogP contribution in [-0.4, -0.2) is 38.6 Å². The van der Waals surface area contributed by atoms with Crippen molar-refractivity contribution in [2.24, 2.45) is 0 Å². The standard InChI is InChI=1S/C14H12N4O3S/c1-20-13(19)9-22-14-15-6-4-12(16-14)18-7-5-10(17-18)11-3-2-8-21-11/h2-8H,9H2,1H3. The highest BCUT2D eigenvalue weighted by Gasteiger charge is 2.09. The number of esters is 1. The summed E-state index contributed by atoms with van der Waals surface area (Å²) in [4.78, 5) is 19.6. The number of carbonyl (C=O) groups is 1. The minimum atomic E-state index is -0.321. The van der Waals surface area contributed by atoms with E-state index >= 15 is 0 Å². The molecule has 112 valence electrons. The molecule has 7 nitrogen and oxygen atoms in total. The van der Waals surface area contributed by atoms with E-state index in [0.29, 0.717) is 22.4 Å². The summed E-state index contributed by atoms with van der Waals surface area (Å²) in [6.07, 6.45) is 5.01. The molecule has 0 atom stereocenters. The SMILES string of the molecule is COC(=O)CSc1nccc(-n2ccc(-c3ccco3)n2)n1. The van der Waals surface area contributed by atoms with Crippen LogP contribution in [0.15, 0.2) is 52.5 Å². The fourth-order valence-electron chi connectivity index (χ4n) is 1.72. The molecule has 0 radical (unpaired) electrons. The van der Waals surface area contributed by atoms with Gasteiger partial charge in [-0.2, -0.15) is 5.10 Å². The Morgan fingerprint density at radius 1 is 1.41 bits per heavy atom. The molecule has 22 heavy (non-hydrogen) atoms. The van der Waals surface area contributed by atoms with Crippen molar-refractivity contribution in [1.29, 1.82) is 0 Å². The van der Waals surface area contributed by atoms with Crippen LogP contribution in [0.1, 0.15) is 0 Å². The number of thioether (sulfide) groups is 1. The van der Waals surface area contributed by atoms with E-state index in [1.54, 1.807) is 35.5 Å². The Bertz CT molecular complexity index is 770. The smallest absolute Gasteiger partial charge is 0.316 e. The molecule has 3 heterocycles. The van der Waals surface area contributed by atoms with Crippen molar-refractivity contribution in [1.82, 2.24) is 19.7 Å². The van der Waals surface area contributed by atoms with E-state index in [2.05, 4.69) is 19.8 Å². The molecule has 0 amide bonds. The van der Waals surface area contributed by atoms with Crippen LogP contribution in [0.2, 0.25) is 0 Å². The minimum absolute atomic E-state index is 0.163. The Morgan fingerprint density at radius 2 is 2.32 bits per heavy atom. The van der Waals surface area contributed by atoms with Crippen LogP contribution >= 0.6 is 11.8 Å². The van der Waals surface area contributed by atoms with E-state index in [4.69, 9.17) is 4.42 Å². The number of carbonyl (C=O) groups excluding carboxylic acids is 1. The van der Waals surface area contributed by atoms with Gasteiger partial charge in [0.15, 0.2) is 16.7 Å². The molecule has 8 heteroatoms. The third-order valence-electron chi connectivity index (χ3n) is 2.76. The van der Waals surface area contributed by atoms with E-state index in [1.807, 2.05) is 12.1 Å². The zero-order valence-electron chi connectivity index (χ0n) is 11.7. The third kappa shape index (κ3) is 3.17. The highest BCUT2D eigenvalue weighted by atomic mass is 32.2. The molecule has 0 saturated carbocycles. The van der Waals surface area contributed by atoms with Gasteiger partial charge in [-0.15, -0.1) is 0 Å². The summed E-state index contributed by atoms with van der Waals surface area (Å²) in [5, 5.41) is 4.89. The largest absolute Gasteiger partial charge is 0.468 e. The molecule has 0 aromatic carbocycles. The molecular weight excluding hydrogens is 304 g/mol. The lowest BCUT2D eigenvalue weighted by atomic mass is 10.3. The number of methoxy groups -OCH3 is 1. The molecule has 0 saturated heterocycles. The fraction of sp³-hybridized carbons (Fsp3) is 0.143. The van der Waals surface area contributed by atoms with Crippen molar-refractivity contribution >= 4 is 17.7 Å². The van der Waals surface area contributed by atoms with E-state index in [9.17, 15) is 4.79 Å². The first-order valence-electron chi connectivity index (χ1n) is 6.39. The normalized spacial score (nSPS) is 10.6. The van der Waals surface area contributed by atoms with Gasteiger partial charge in [-0.25, -0.2) is 14.6 Å². The highest BCUT2D eigenvalue weighted by Crippen LogP contribution is 2.19.